The van der Waals surface area contributed by atoms with Crippen LogP contribution >= 0.6 is 0 Å². The number of carbonyl (C=O) groups excluding carboxylic acids is 3. The van der Waals surface area contributed by atoms with E-state index in [0.29, 0.717) is 44.3 Å². The van der Waals surface area contributed by atoms with Crippen LogP contribution in [0.15, 0.2) is 0 Å². The molecule has 7 heteroatoms. The number of likely N-dealkylation sites (N-methyl/N-ethyl adjacent to an activating group) is 1. The quantitative estimate of drug-likeness (QED) is 0.662. The summed E-state index contributed by atoms with van der Waals surface area (Å²) in [4.78, 5) is 43.8. The van der Waals surface area contributed by atoms with Crippen LogP contribution in [-0.2, 0) is 14.4 Å². The average Bonchev–Trinajstić information content (AvgIpc) is 2.63. The zero-order chi connectivity index (χ0) is 21.7. The highest BCUT2D eigenvalue weighted by molar-refractivity contribution is 5.90. The summed E-state index contributed by atoms with van der Waals surface area (Å²) in [7, 11) is 2.01. The van der Waals surface area contributed by atoms with E-state index in [0.717, 1.165) is 25.8 Å². The van der Waals surface area contributed by atoms with Crippen molar-refractivity contribution < 1.29 is 14.4 Å². The lowest BCUT2D eigenvalue weighted by molar-refractivity contribution is -0.154. The van der Waals surface area contributed by atoms with Gasteiger partial charge in [-0.15, -0.1) is 0 Å². The van der Waals surface area contributed by atoms with Gasteiger partial charge in [-0.3, -0.25) is 19.3 Å². The van der Waals surface area contributed by atoms with Crippen molar-refractivity contribution in [2.45, 2.75) is 71.9 Å². The van der Waals surface area contributed by atoms with Gasteiger partial charge in [-0.25, -0.2) is 0 Å². The molecule has 0 spiro atoms. The molecule has 3 amide bonds. The van der Waals surface area contributed by atoms with Crippen molar-refractivity contribution in [1.29, 1.82) is 0 Å². The third kappa shape index (κ3) is 6.43. The van der Waals surface area contributed by atoms with Crippen LogP contribution in [-0.4, -0.2) is 77.7 Å². The van der Waals surface area contributed by atoms with Gasteiger partial charge in [0.1, 0.15) is 6.04 Å². The van der Waals surface area contributed by atoms with E-state index in [1.165, 1.54) is 0 Å². The fourth-order valence-corrected chi connectivity index (χ4v) is 4.61. The van der Waals surface area contributed by atoms with Crippen molar-refractivity contribution in [3.8, 4) is 0 Å². The highest BCUT2D eigenvalue weighted by Gasteiger charge is 2.41. The maximum atomic E-state index is 13.4. The Kier molecular flexibility index (Phi) is 8.49. The summed E-state index contributed by atoms with van der Waals surface area (Å²) in [5, 5.41) is 0. The van der Waals surface area contributed by atoms with Gasteiger partial charge >= 0.3 is 0 Å². The number of primary amides is 1. The minimum atomic E-state index is -0.390. The van der Waals surface area contributed by atoms with Crippen LogP contribution < -0.4 is 5.73 Å². The molecule has 0 saturated carbocycles. The summed E-state index contributed by atoms with van der Waals surface area (Å²) in [6.45, 7) is 11.2. The minimum absolute atomic E-state index is 0.0671. The summed E-state index contributed by atoms with van der Waals surface area (Å²) < 4.78 is 0. The molecule has 2 aliphatic heterocycles. The Labute approximate surface area is 175 Å². The molecule has 2 N–H and O–H groups in total. The number of piperidine rings is 1. The number of nitrogens with two attached hydrogens (primary N) is 1. The molecule has 0 bridgehead atoms. The summed E-state index contributed by atoms with van der Waals surface area (Å²) in [5.74, 6) is 0.905. The van der Waals surface area contributed by atoms with Gasteiger partial charge in [0.05, 0.1) is 6.04 Å². The van der Waals surface area contributed by atoms with Crippen LogP contribution in [0.4, 0.5) is 0 Å². The molecule has 2 saturated heterocycles. The topological polar surface area (TPSA) is 86.9 Å². The maximum absolute atomic E-state index is 13.4. The molecule has 0 aromatic heterocycles. The number of piperazine rings is 1. The lowest BCUT2D eigenvalue weighted by Crippen LogP contribution is -2.62. The van der Waals surface area contributed by atoms with Crippen molar-refractivity contribution in [1.82, 2.24) is 14.7 Å². The van der Waals surface area contributed by atoms with E-state index < -0.39 is 6.04 Å². The normalized spacial score (nSPS) is 23.1. The van der Waals surface area contributed by atoms with E-state index in [4.69, 9.17) is 5.73 Å². The van der Waals surface area contributed by atoms with Crippen molar-refractivity contribution in [2.75, 3.05) is 33.2 Å². The van der Waals surface area contributed by atoms with E-state index in [-0.39, 0.29) is 29.7 Å². The third-order valence-corrected chi connectivity index (χ3v) is 6.26. The molecule has 0 aliphatic carbocycles. The lowest BCUT2D eigenvalue weighted by Gasteiger charge is -2.44. The van der Waals surface area contributed by atoms with Crippen molar-refractivity contribution in [3.63, 3.8) is 0 Å². The molecule has 7 nitrogen and oxygen atoms in total. The molecule has 29 heavy (non-hydrogen) atoms. The largest absolute Gasteiger partial charge is 0.370 e. The number of rotatable bonds is 8. The van der Waals surface area contributed by atoms with Gasteiger partial charge in [-0.2, -0.15) is 0 Å². The molecule has 2 rings (SSSR count). The van der Waals surface area contributed by atoms with E-state index >= 15 is 0 Å². The molecular formula is C22H40N4O3. The Hall–Kier alpha value is -1.63. The molecule has 2 aliphatic rings. The number of hydrogen-bond acceptors (Lipinski definition) is 4. The van der Waals surface area contributed by atoms with Gasteiger partial charge in [0.2, 0.25) is 17.7 Å². The summed E-state index contributed by atoms with van der Waals surface area (Å²) in [6.07, 6.45) is 3.49. The first-order chi connectivity index (χ1) is 13.6. The SMILES string of the molecule is CC(C)CC(C(=O)N1CCC(CC(N)=O)CC1)N1CCN(C)[C@@H](CC(C)C)C1=O. The van der Waals surface area contributed by atoms with Gasteiger partial charge in [0.15, 0.2) is 0 Å². The zero-order valence-corrected chi connectivity index (χ0v) is 18.9. The highest BCUT2D eigenvalue weighted by atomic mass is 16.2. The van der Waals surface area contributed by atoms with E-state index in [1.807, 2.05) is 16.8 Å². The number of carbonyl (C=O) groups is 3. The molecule has 2 fully saturated rings. The van der Waals surface area contributed by atoms with Crippen molar-refractivity contribution in [3.05, 3.63) is 0 Å². The molecule has 1 unspecified atom stereocenters. The predicted octanol–water partition coefficient (Wildman–Crippen LogP) is 1.70. The van der Waals surface area contributed by atoms with Crippen LogP contribution in [0.1, 0.15) is 59.8 Å². The molecule has 166 valence electrons. The smallest absolute Gasteiger partial charge is 0.245 e. The minimum Gasteiger partial charge on any atom is -0.370 e. The molecule has 0 aromatic carbocycles. The van der Waals surface area contributed by atoms with Gasteiger partial charge in [-0.1, -0.05) is 27.7 Å². The Bertz CT molecular complexity index is 585. The monoisotopic (exact) mass is 408 g/mol. The summed E-state index contributed by atoms with van der Waals surface area (Å²) in [5.41, 5.74) is 5.32. The molecular weight excluding hydrogens is 368 g/mol. The van der Waals surface area contributed by atoms with Gasteiger partial charge in [-0.05, 0) is 50.5 Å². The zero-order valence-electron chi connectivity index (χ0n) is 18.9. The van der Waals surface area contributed by atoms with Crippen LogP contribution in [0.5, 0.6) is 0 Å². The number of nitrogens with zero attached hydrogens (tertiary/aromatic N) is 3. The van der Waals surface area contributed by atoms with Gasteiger partial charge in [0.25, 0.3) is 0 Å². The van der Waals surface area contributed by atoms with Crippen molar-refractivity contribution >= 4 is 17.7 Å². The molecule has 0 aromatic rings. The highest BCUT2D eigenvalue weighted by Crippen LogP contribution is 2.26. The second-order valence-corrected chi connectivity index (χ2v) is 9.74. The third-order valence-electron chi connectivity index (χ3n) is 6.26. The number of likely N-dealkylation sites (tertiary alicyclic amines) is 1. The van der Waals surface area contributed by atoms with Gasteiger partial charge in [0, 0.05) is 32.6 Å². The second-order valence-electron chi connectivity index (χ2n) is 9.74. The number of amides is 3. The first kappa shape index (κ1) is 23.6. The van der Waals surface area contributed by atoms with Crippen LogP contribution in [0.2, 0.25) is 0 Å². The standard InChI is InChI=1S/C22H40N4O3/c1-15(2)12-18-22(29)26(11-10-24(18)5)19(13-16(3)4)21(28)25-8-6-17(7-9-25)14-20(23)27/h15-19H,6-14H2,1-5H3,(H2,23,27)/t18-,19?/m0/s1. The Morgan fingerprint density at radius 2 is 1.66 bits per heavy atom. The van der Waals surface area contributed by atoms with Crippen LogP contribution in [0.25, 0.3) is 0 Å². The average molecular weight is 409 g/mol. The Morgan fingerprint density at radius 1 is 1.03 bits per heavy atom. The summed E-state index contributed by atoms with van der Waals surface area (Å²) in [6, 6.07) is -0.536. The maximum Gasteiger partial charge on any atom is 0.245 e. The fraction of sp³-hybridized carbons (Fsp3) is 0.864. The Balaban J connectivity index is 2.11. The van der Waals surface area contributed by atoms with E-state index in [2.05, 4.69) is 32.6 Å². The first-order valence-corrected chi connectivity index (χ1v) is 11.2. The summed E-state index contributed by atoms with van der Waals surface area (Å²) >= 11 is 0. The lowest BCUT2D eigenvalue weighted by atomic mass is 9.91. The number of hydrogen-bond donors (Lipinski definition) is 1. The molecule has 2 atom stereocenters. The van der Waals surface area contributed by atoms with Crippen LogP contribution in [0.3, 0.4) is 0 Å². The van der Waals surface area contributed by atoms with E-state index in [9.17, 15) is 14.4 Å². The van der Waals surface area contributed by atoms with Crippen LogP contribution in [0, 0.1) is 17.8 Å². The van der Waals surface area contributed by atoms with Gasteiger partial charge < -0.3 is 15.5 Å². The first-order valence-electron chi connectivity index (χ1n) is 11.2. The van der Waals surface area contributed by atoms with Crippen molar-refractivity contribution in [2.24, 2.45) is 23.5 Å². The van der Waals surface area contributed by atoms with E-state index in [1.54, 1.807) is 0 Å². The molecule has 2 heterocycles. The molecule has 0 radical (unpaired) electrons. The Morgan fingerprint density at radius 3 is 2.17 bits per heavy atom. The second kappa shape index (κ2) is 10.4. The fourth-order valence-electron chi connectivity index (χ4n) is 4.61. The predicted molar refractivity (Wildman–Crippen MR) is 114 cm³/mol.